The summed E-state index contributed by atoms with van der Waals surface area (Å²) in [5, 5.41) is 11.8. The molecule has 0 radical (unpaired) electrons. The normalized spacial score (nSPS) is 18.8. The molecule has 1 aliphatic rings. The first-order valence-corrected chi connectivity index (χ1v) is 6.01. The van der Waals surface area contributed by atoms with Crippen molar-refractivity contribution in [2.24, 2.45) is 0 Å². The number of nitrogens with one attached hydrogen (secondary N) is 1. The van der Waals surface area contributed by atoms with E-state index in [4.69, 9.17) is 5.11 Å². The molecule has 18 heavy (non-hydrogen) atoms. The zero-order chi connectivity index (χ0) is 13.3. The van der Waals surface area contributed by atoms with Gasteiger partial charge in [-0.25, -0.2) is 9.78 Å². The molecule has 0 spiro atoms. The molecule has 0 aromatic carbocycles. The van der Waals surface area contributed by atoms with Crippen LogP contribution in [0.4, 0.5) is 0 Å². The van der Waals surface area contributed by atoms with Crippen molar-refractivity contribution in [3.8, 4) is 0 Å². The van der Waals surface area contributed by atoms with Crippen LogP contribution in [0.5, 0.6) is 0 Å². The summed E-state index contributed by atoms with van der Waals surface area (Å²) in [4.78, 5) is 27.3. The molecule has 0 bridgehead atoms. The number of carbonyl (C=O) groups excluding carboxylic acids is 1. The van der Waals surface area contributed by atoms with Crippen molar-refractivity contribution < 1.29 is 14.7 Å². The Bertz CT molecular complexity index is 477. The van der Waals surface area contributed by atoms with Crippen molar-refractivity contribution in [3.63, 3.8) is 0 Å². The van der Waals surface area contributed by atoms with E-state index in [0.717, 1.165) is 12.2 Å². The quantitative estimate of drug-likeness (QED) is 0.831. The maximum atomic E-state index is 12.1. The van der Waals surface area contributed by atoms with Gasteiger partial charge < -0.3 is 15.0 Å². The predicted molar refractivity (Wildman–Crippen MR) is 64.0 cm³/mol. The Morgan fingerprint density at radius 3 is 2.61 bits per heavy atom. The van der Waals surface area contributed by atoms with E-state index in [1.165, 1.54) is 0 Å². The van der Waals surface area contributed by atoms with E-state index < -0.39 is 17.6 Å². The molecule has 1 aromatic rings. The van der Waals surface area contributed by atoms with Gasteiger partial charge in [-0.15, -0.1) is 0 Å². The SMILES string of the molecule is Cc1nccn1C(C)C(=O)NC1(C(=O)O)CCC1. The number of amides is 1. The third-order valence-electron chi connectivity index (χ3n) is 3.64. The molecule has 1 saturated carbocycles. The Morgan fingerprint density at radius 2 is 2.22 bits per heavy atom. The third kappa shape index (κ3) is 1.98. The zero-order valence-electron chi connectivity index (χ0n) is 10.5. The fourth-order valence-corrected chi connectivity index (χ4v) is 2.19. The average Bonchev–Trinajstić information content (AvgIpc) is 2.67. The Labute approximate surface area is 105 Å². The van der Waals surface area contributed by atoms with Crippen LogP contribution in [0.1, 0.15) is 38.1 Å². The van der Waals surface area contributed by atoms with Crippen molar-refractivity contribution in [2.75, 3.05) is 0 Å². The minimum absolute atomic E-state index is 0.279. The fraction of sp³-hybridized carbons (Fsp3) is 0.583. The standard InChI is InChI=1S/C12H17N3O3/c1-8(15-7-6-13-9(15)2)10(16)14-12(11(17)18)4-3-5-12/h6-8H,3-5H2,1-2H3,(H,14,16)(H,17,18). The number of carboxylic acid groups (broad SMARTS) is 1. The van der Waals surface area contributed by atoms with Crippen LogP contribution < -0.4 is 5.32 Å². The molecule has 0 aliphatic heterocycles. The maximum absolute atomic E-state index is 12.1. The van der Waals surface area contributed by atoms with Crippen LogP contribution in [-0.2, 0) is 9.59 Å². The molecule has 1 fully saturated rings. The van der Waals surface area contributed by atoms with E-state index >= 15 is 0 Å². The highest BCUT2D eigenvalue weighted by Crippen LogP contribution is 2.32. The molecule has 6 nitrogen and oxygen atoms in total. The fourth-order valence-electron chi connectivity index (χ4n) is 2.19. The summed E-state index contributed by atoms with van der Waals surface area (Å²) < 4.78 is 1.73. The first-order valence-electron chi connectivity index (χ1n) is 6.01. The summed E-state index contributed by atoms with van der Waals surface area (Å²) in [6, 6.07) is -0.454. The number of carbonyl (C=O) groups is 2. The number of hydrogen-bond acceptors (Lipinski definition) is 3. The highest BCUT2D eigenvalue weighted by molar-refractivity contribution is 5.89. The van der Waals surface area contributed by atoms with Gasteiger partial charge in [0.25, 0.3) is 0 Å². The maximum Gasteiger partial charge on any atom is 0.329 e. The van der Waals surface area contributed by atoms with Crippen LogP contribution >= 0.6 is 0 Å². The lowest BCUT2D eigenvalue weighted by atomic mass is 9.76. The molecule has 1 amide bonds. The second-order valence-corrected chi connectivity index (χ2v) is 4.79. The molecule has 1 atom stereocenters. The van der Waals surface area contributed by atoms with Crippen molar-refractivity contribution in [3.05, 3.63) is 18.2 Å². The van der Waals surface area contributed by atoms with E-state index in [1.807, 2.05) is 0 Å². The first kappa shape index (κ1) is 12.6. The summed E-state index contributed by atoms with van der Waals surface area (Å²) in [5.41, 5.74) is -1.06. The molecule has 0 saturated heterocycles. The molecular formula is C12H17N3O3. The van der Waals surface area contributed by atoms with E-state index in [2.05, 4.69) is 10.3 Å². The Hall–Kier alpha value is -1.85. The molecule has 98 valence electrons. The topological polar surface area (TPSA) is 84.2 Å². The van der Waals surface area contributed by atoms with Crippen molar-refractivity contribution in [1.29, 1.82) is 0 Å². The van der Waals surface area contributed by atoms with Gasteiger partial charge in [-0.1, -0.05) is 0 Å². The summed E-state index contributed by atoms with van der Waals surface area (Å²) >= 11 is 0. The zero-order valence-corrected chi connectivity index (χ0v) is 10.5. The van der Waals surface area contributed by atoms with Crippen LogP contribution in [0.2, 0.25) is 0 Å². The molecular weight excluding hydrogens is 234 g/mol. The number of hydrogen-bond donors (Lipinski definition) is 2. The smallest absolute Gasteiger partial charge is 0.329 e. The van der Waals surface area contributed by atoms with Gasteiger partial charge in [-0.3, -0.25) is 4.79 Å². The number of aryl methyl sites for hydroxylation is 1. The molecule has 1 heterocycles. The molecule has 1 unspecified atom stereocenters. The van der Waals surface area contributed by atoms with Gasteiger partial charge in [0.2, 0.25) is 5.91 Å². The molecule has 2 N–H and O–H groups in total. The Balaban J connectivity index is 2.09. The van der Waals surface area contributed by atoms with E-state index in [1.54, 1.807) is 30.8 Å². The summed E-state index contributed by atoms with van der Waals surface area (Å²) in [7, 11) is 0. The van der Waals surface area contributed by atoms with Gasteiger partial charge in [-0.2, -0.15) is 0 Å². The van der Waals surface area contributed by atoms with Crippen LogP contribution in [-0.4, -0.2) is 32.1 Å². The minimum Gasteiger partial charge on any atom is -0.480 e. The molecule has 1 aliphatic carbocycles. The number of nitrogens with zero attached hydrogens (tertiary/aromatic N) is 2. The second kappa shape index (κ2) is 4.44. The monoisotopic (exact) mass is 251 g/mol. The van der Waals surface area contributed by atoms with Gasteiger partial charge in [0.1, 0.15) is 17.4 Å². The second-order valence-electron chi connectivity index (χ2n) is 4.79. The summed E-state index contributed by atoms with van der Waals surface area (Å²) in [6.45, 7) is 3.54. The first-order chi connectivity index (χ1) is 8.46. The largest absolute Gasteiger partial charge is 0.480 e. The van der Waals surface area contributed by atoms with Gasteiger partial charge in [0.15, 0.2) is 0 Å². The van der Waals surface area contributed by atoms with Crippen LogP contribution in [0.15, 0.2) is 12.4 Å². The summed E-state index contributed by atoms with van der Waals surface area (Å²) in [6.07, 6.45) is 5.18. The summed E-state index contributed by atoms with van der Waals surface area (Å²) in [5.74, 6) is -0.495. The minimum atomic E-state index is -1.06. The van der Waals surface area contributed by atoms with E-state index in [9.17, 15) is 9.59 Å². The molecule has 1 aromatic heterocycles. The average molecular weight is 251 g/mol. The number of carboxylic acids is 1. The van der Waals surface area contributed by atoms with Crippen LogP contribution in [0, 0.1) is 6.92 Å². The van der Waals surface area contributed by atoms with Gasteiger partial charge >= 0.3 is 5.97 Å². The predicted octanol–water partition coefficient (Wildman–Crippen LogP) is 0.876. The highest BCUT2D eigenvalue weighted by atomic mass is 16.4. The molecule has 2 rings (SSSR count). The highest BCUT2D eigenvalue weighted by Gasteiger charge is 2.46. The number of aliphatic carboxylic acids is 1. The Morgan fingerprint density at radius 1 is 1.56 bits per heavy atom. The lowest BCUT2D eigenvalue weighted by molar-refractivity contribution is -0.152. The van der Waals surface area contributed by atoms with Crippen LogP contribution in [0.3, 0.4) is 0 Å². The van der Waals surface area contributed by atoms with E-state index in [0.29, 0.717) is 12.8 Å². The Kier molecular flexibility index (Phi) is 3.11. The van der Waals surface area contributed by atoms with E-state index in [-0.39, 0.29) is 5.91 Å². The lowest BCUT2D eigenvalue weighted by Crippen LogP contribution is -2.60. The third-order valence-corrected chi connectivity index (χ3v) is 3.64. The van der Waals surface area contributed by atoms with Gasteiger partial charge in [0, 0.05) is 12.4 Å². The number of rotatable bonds is 4. The lowest BCUT2D eigenvalue weighted by Gasteiger charge is -2.39. The van der Waals surface area contributed by atoms with Crippen molar-refractivity contribution in [2.45, 2.75) is 44.7 Å². The number of aromatic nitrogens is 2. The van der Waals surface area contributed by atoms with Crippen molar-refractivity contribution >= 4 is 11.9 Å². The van der Waals surface area contributed by atoms with Crippen LogP contribution in [0.25, 0.3) is 0 Å². The number of imidazole rings is 1. The van der Waals surface area contributed by atoms with Crippen molar-refractivity contribution in [1.82, 2.24) is 14.9 Å². The van der Waals surface area contributed by atoms with Gasteiger partial charge in [-0.05, 0) is 33.1 Å². The molecule has 6 heteroatoms. The van der Waals surface area contributed by atoms with Gasteiger partial charge in [0.05, 0.1) is 0 Å².